The van der Waals surface area contributed by atoms with Crippen LogP contribution in [0.15, 0.2) is 18.2 Å². The second-order valence-corrected chi connectivity index (χ2v) is 10.8. The fourth-order valence-corrected chi connectivity index (χ4v) is 4.08. The number of aryl methyl sites for hydroxylation is 2. The summed E-state index contributed by atoms with van der Waals surface area (Å²) in [5.41, 5.74) is 7.18. The summed E-state index contributed by atoms with van der Waals surface area (Å²) < 4.78 is 5.37. The van der Waals surface area contributed by atoms with Gasteiger partial charge in [0.15, 0.2) is 0 Å². The maximum Gasteiger partial charge on any atom is 0.408 e. The van der Waals surface area contributed by atoms with Gasteiger partial charge in [-0.05, 0) is 65.0 Å². The van der Waals surface area contributed by atoms with E-state index in [1.54, 1.807) is 20.8 Å². The first kappa shape index (κ1) is 32.9. The lowest BCUT2D eigenvalue weighted by Gasteiger charge is -2.35. The monoisotopic (exact) mass is 532 g/mol. The highest BCUT2D eigenvalue weighted by molar-refractivity contribution is 5.92. The van der Waals surface area contributed by atoms with Crippen LogP contribution in [0.2, 0.25) is 0 Å². The largest absolute Gasteiger partial charge is 0.444 e. The number of primary amides is 1. The van der Waals surface area contributed by atoms with E-state index < -0.39 is 35.6 Å². The van der Waals surface area contributed by atoms with E-state index >= 15 is 0 Å². The van der Waals surface area contributed by atoms with Crippen LogP contribution in [0.4, 0.5) is 4.79 Å². The number of benzene rings is 1. The smallest absolute Gasteiger partial charge is 0.408 e. The van der Waals surface area contributed by atoms with E-state index in [1.807, 2.05) is 39.0 Å². The zero-order chi connectivity index (χ0) is 28.9. The van der Waals surface area contributed by atoms with Gasteiger partial charge in [-0.15, -0.1) is 0 Å². The number of nitrogens with two attached hydrogens (primary N) is 1. The highest BCUT2D eigenvalue weighted by atomic mass is 16.6. The Balaban J connectivity index is 3.50. The average Bonchev–Trinajstić information content (AvgIpc) is 2.82. The maximum atomic E-state index is 14.1. The van der Waals surface area contributed by atoms with E-state index in [1.165, 1.54) is 4.90 Å². The summed E-state index contributed by atoms with van der Waals surface area (Å²) in [6.45, 7) is 13.9. The molecule has 0 saturated carbocycles. The van der Waals surface area contributed by atoms with Gasteiger partial charge in [0.2, 0.25) is 17.7 Å². The van der Waals surface area contributed by atoms with Crippen molar-refractivity contribution in [2.45, 2.75) is 111 Å². The summed E-state index contributed by atoms with van der Waals surface area (Å²) in [7, 11) is 0. The first-order chi connectivity index (χ1) is 17.8. The normalized spacial score (nSPS) is 12.8. The number of carbonyl (C=O) groups is 4. The fourth-order valence-electron chi connectivity index (χ4n) is 4.08. The van der Waals surface area contributed by atoms with Gasteiger partial charge in [-0.2, -0.15) is 0 Å². The van der Waals surface area contributed by atoms with E-state index in [4.69, 9.17) is 10.5 Å². The molecule has 9 heteroatoms. The van der Waals surface area contributed by atoms with E-state index in [-0.39, 0.29) is 18.7 Å². The standard InChI is InChI=1S/C29H48N4O5/c1-8-10-12-17-31-26(35)25(22-19-20(3)13-14-21(22)4)33(18-11-9-2)27(36)23(15-16-24(30)34)32-28(37)38-29(5,6)7/h13-14,19,23,25H,8-12,15-18H2,1-7H3,(H2,30,34)(H,31,35)(H,32,37). The SMILES string of the molecule is CCCCCNC(=O)C(c1cc(C)ccc1C)N(CCCC)C(=O)C(CCC(N)=O)NC(=O)OC(C)(C)C. The van der Waals surface area contributed by atoms with Crippen LogP contribution in [0.25, 0.3) is 0 Å². The van der Waals surface area contributed by atoms with Gasteiger partial charge >= 0.3 is 6.09 Å². The number of nitrogens with one attached hydrogen (secondary N) is 2. The third-order valence-corrected chi connectivity index (χ3v) is 6.07. The first-order valence-corrected chi connectivity index (χ1v) is 13.7. The van der Waals surface area contributed by atoms with Crippen LogP contribution in [-0.4, -0.2) is 53.4 Å². The third kappa shape index (κ3) is 11.5. The maximum absolute atomic E-state index is 14.1. The molecule has 2 unspecified atom stereocenters. The second kappa shape index (κ2) is 16.0. The number of nitrogens with zero attached hydrogens (tertiary/aromatic N) is 1. The molecule has 214 valence electrons. The summed E-state index contributed by atoms with van der Waals surface area (Å²) in [4.78, 5) is 53.5. The molecule has 1 aromatic rings. The van der Waals surface area contributed by atoms with Gasteiger partial charge < -0.3 is 26.0 Å². The number of carbonyl (C=O) groups excluding carboxylic acids is 4. The Morgan fingerprint density at radius 3 is 2.26 bits per heavy atom. The molecular formula is C29H48N4O5. The molecule has 2 atom stereocenters. The summed E-state index contributed by atoms with van der Waals surface area (Å²) in [6, 6.07) is 3.85. The van der Waals surface area contributed by atoms with E-state index in [0.29, 0.717) is 19.5 Å². The number of ether oxygens (including phenoxy) is 1. The van der Waals surface area contributed by atoms with Crippen molar-refractivity contribution in [2.75, 3.05) is 13.1 Å². The zero-order valence-corrected chi connectivity index (χ0v) is 24.3. The number of hydrogen-bond acceptors (Lipinski definition) is 5. The Morgan fingerprint density at radius 2 is 1.68 bits per heavy atom. The number of rotatable bonds is 15. The molecule has 1 rings (SSSR count). The van der Waals surface area contributed by atoms with Crippen LogP contribution in [0, 0.1) is 13.8 Å². The molecule has 0 heterocycles. The molecule has 0 radical (unpaired) electrons. The second-order valence-electron chi connectivity index (χ2n) is 10.8. The molecule has 0 saturated heterocycles. The molecule has 0 bridgehead atoms. The van der Waals surface area contributed by atoms with Crippen molar-refractivity contribution in [3.8, 4) is 0 Å². The Bertz CT molecular complexity index is 941. The van der Waals surface area contributed by atoms with Crippen molar-refractivity contribution in [3.63, 3.8) is 0 Å². The molecule has 1 aromatic carbocycles. The van der Waals surface area contributed by atoms with Crippen LogP contribution in [0.3, 0.4) is 0 Å². The summed E-state index contributed by atoms with van der Waals surface area (Å²) in [6.07, 6.45) is 3.42. The number of unbranched alkanes of at least 4 members (excludes halogenated alkanes) is 3. The molecule has 0 fully saturated rings. The van der Waals surface area contributed by atoms with Crippen LogP contribution >= 0.6 is 0 Å². The van der Waals surface area contributed by atoms with Crippen LogP contribution in [0.5, 0.6) is 0 Å². The molecule has 0 aliphatic rings. The molecule has 38 heavy (non-hydrogen) atoms. The van der Waals surface area contributed by atoms with E-state index in [0.717, 1.165) is 42.4 Å². The lowest BCUT2D eigenvalue weighted by Crippen LogP contribution is -2.53. The quantitative estimate of drug-likeness (QED) is 0.288. The summed E-state index contributed by atoms with van der Waals surface area (Å²) >= 11 is 0. The Hall–Kier alpha value is -3.10. The van der Waals surface area contributed by atoms with Gasteiger partial charge in [-0.25, -0.2) is 4.79 Å². The van der Waals surface area contributed by atoms with Gasteiger partial charge in [0.05, 0.1) is 0 Å². The summed E-state index contributed by atoms with van der Waals surface area (Å²) in [5.74, 6) is -1.32. The average molecular weight is 533 g/mol. The van der Waals surface area contributed by atoms with Gasteiger partial charge in [0.25, 0.3) is 0 Å². The predicted molar refractivity (Wildman–Crippen MR) is 149 cm³/mol. The third-order valence-electron chi connectivity index (χ3n) is 6.07. The van der Waals surface area contributed by atoms with Crippen molar-refractivity contribution in [1.82, 2.24) is 15.5 Å². The van der Waals surface area contributed by atoms with Crippen molar-refractivity contribution in [1.29, 1.82) is 0 Å². The van der Waals surface area contributed by atoms with Crippen LogP contribution < -0.4 is 16.4 Å². The van der Waals surface area contributed by atoms with Crippen molar-refractivity contribution in [2.24, 2.45) is 5.73 Å². The Labute approximate surface area is 228 Å². The van der Waals surface area contributed by atoms with Crippen molar-refractivity contribution < 1.29 is 23.9 Å². The summed E-state index contributed by atoms with van der Waals surface area (Å²) in [5, 5.41) is 5.64. The molecule has 4 N–H and O–H groups in total. The predicted octanol–water partition coefficient (Wildman–Crippen LogP) is 4.44. The highest BCUT2D eigenvalue weighted by Crippen LogP contribution is 2.27. The number of alkyl carbamates (subject to hydrolysis) is 1. The van der Waals surface area contributed by atoms with Gasteiger partial charge in [0.1, 0.15) is 17.7 Å². The molecule has 0 aliphatic carbocycles. The van der Waals surface area contributed by atoms with Gasteiger partial charge in [0, 0.05) is 19.5 Å². The minimum Gasteiger partial charge on any atom is -0.444 e. The van der Waals surface area contributed by atoms with E-state index in [9.17, 15) is 19.2 Å². The topological polar surface area (TPSA) is 131 Å². The van der Waals surface area contributed by atoms with Gasteiger partial charge in [-0.1, -0.05) is 56.9 Å². The molecule has 0 spiro atoms. The molecule has 4 amide bonds. The zero-order valence-electron chi connectivity index (χ0n) is 24.3. The highest BCUT2D eigenvalue weighted by Gasteiger charge is 2.36. The van der Waals surface area contributed by atoms with Crippen molar-refractivity contribution >= 4 is 23.8 Å². The van der Waals surface area contributed by atoms with E-state index in [2.05, 4.69) is 17.6 Å². The van der Waals surface area contributed by atoms with Gasteiger partial charge in [-0.3, -0.25) is 14.4 Å². The minimum absolute atomic E-state index is 0.00628. The lowest BCUT2D eigenvalue weighted by molar-refractivity contribution is -0.142. The Kier molecular flexibility index (Phi) is 13.9. The van der Waals surface area contributed by atoms with Crippen LogP contribution in [0.1, 0.15) is 102 Å². The van der Waals surface area contributed by atoms with Crippen molar-refractivity contribution in [3.05, 3.63) is 34.9 Å². The van der Waals surface area contributed by atoms with Crippen LogP contribution in [-0.2, 0) is 19.1 Å². The lowest BCUT2D eigenvalue weighted by atomic mass is 9.95. The molecular weight excluding hydrogens is 484 g/mol. The first-order valence-electron chi connectivity index (χ1n) is 13.7. The Morgan fingerprint density at radius 1 is 1.03 bits per heavy atom. The molecule has 9 nitrogen and oxygen atoms in total. The fraction of sp³-hybridized carbons (Fsp3) is 0.655. The number of amides is 4. The molecule has 0 aromatic heterocycles. The molecule has 0 aliphatic heterocycles. The number of hydrogen-bond donors (Lipinski definition) is 3. The minimum atomic E-state index is -1.09.